The zero-order valence-corrected chi connectivity index (χ0v) is 11.1. The van der Waals surface area contributed by atoms with Gasteiger partial charge in [-0.3, -0.25) is 16.3 Å². The predicted octanol–water partition coefficient (Wildman–Crippen LogP) is 0.505. The van der Waals surface area contributed by atoms with Crippen LogP contribution in [0.5, 0.6) is 0 Å². The van der Waals surface area contributed by atoms with Gasteiger partial charge in [-0.05, 0) is 16.7 Å². The number of nitrogens with two attached hydrogens (primary N) is 1. The molecule has 0 spiro atoms. The van der Waals surface area contributed by atoms with Crippen molar-refractivity contribution >= 4 is 10.8 Å². The summed E-state index contributed by atoms with van der Waals surface area (Å²) < 4.78 is 0. The number of nitrogens with one attached hydrogen (secondary N) is 1. The third kappa shape index (κ3) is 2.36. The predicted molar refractivity (Wildman–Crippen MR) is 74.3 cm³/mol. The van der Waals surface area contributed by atoms with Gasteiger partial charge < -0.3 is 0 Å². The van der Waals surface area contributed by atoms with Gasteiger partial charge in [-0.25, -0.2) is 0 Å². The van der Waals surface area contributed by atoms with Crippen molar-refractivity contribution in [1.29, 1.82) is 0 Å². The van der Waals surface area contributed by atoms with Gasteiger partial charge in [0.05, 0.1) is 18.8 Å². The maximum absolute atomic E-state index is 5.68. The molecule has 102 valence electrons. The third-order valence-corrected chi connectivity index (χ3v) is 3.17. The van der Waals surface area contributed by atoms with Gasteiger partial charge in [-0.15, -0.1) is 10.2 Å². The van der Waals surface area contributed by atoms with Crippen LogP contribution in [0.1, 0.15) is 17.6 Å². The highest BCUT2D eigenvalue weighted by Crippen LogP contribution is 2.23. The maximum atomic E-state index is 5.68. The average molecular weight is 269 g/mol. The molecule has 0 fully saturated rings. The minimum atomic E-state index is -0.162. The van der Waals surface area contributed by atoms with Crippen LogP contribution < -0.4 is 11.3 Å². The summed E-state index contributed by atoms with van der Waals surface area (Å²) in [7, 11) is 1.73. The largest absolute Gasteiger partial charge is 0.271 e. The monoisotopic (exact) mass is 269 g/mol. The first-order valence-corrected chi connectivity index (χ1v) is 6.30. The van der Waals surface area contributed by atoms with E-state index in [0.29, 0.717) is 12.2 Å². The zero-order valence-electron chi connectivity index (χ0n) is 11.1. The first-order chi connectivity index (χ1) is 9.78. The number of benzene rings is 1. The van der Waals surface area contributed by atoms with E-state index in [4.69, 9.17) is 5.84 Å². The van der Waals surface area contributed by atoms with Crippen LogP contribution in [-0.4, -0.2) is 25.2 Å². The molecule has 2 aromatic heterocycles. The molecule has 3 rings (SSSR count). The summed E-state index contributed by atoms with van der Waals surface area (Å²) in [6.07, 6.45) is 2.32. The summed E-state index contributed by atoms with van der Waals surface area (Å²) >= 11 is 0. The molecule has 7 nitrogen and oxygen atoms in total. The molecule has 0 radical (unpaired) electrons. The Kier molecular flexibility index (Phi) is 3.36. The van der Waals surface area contributed by atoms with E-state index in [9.17, 15) is 0 Å². The van der Waals surface area contributed by atoms with Gasteiger partial charge in [0.15, 0.2) is 5.82 Å². The average Bonchev–Trinajstić information content (AvgIpc) is 2.89. The minimum absolute atomic E-state index is 0.162. The maximum Gasteiger partial charge on any atom is 0.176 e. The topological polar surface area (TPSA) is 94.5 Å². The van der Waals surface area contributed by atoms with Crippen LogP contribution in [0, 0.1) is 0 Å². The lowest BCUT2D eigenvalue weighted by Crippen LogP contribution is -2.30. The number of aryl methyl sites for hydroxylation is 1. The second-order valence-corrected chi connectivity index (χ2v) is 4.54. The van der Waals surface area contributed by atoms with E-state index in [1.54, 1.807) is 13.2 Å². The highest BCUT2D eigenvalue weighted by Gasteiger charge is 2.17. The molecule has 1 atom stereocenters. The molecule has 3 aromatic rings. The number of tetrazole rings is 1. The van der Waals surface area contributed by atoms with E-state index in [1.165, 1.54) is 4.80 Å². The van der Waals surface area contributed by atoms with Crippen LogP contribution in [-0.2, 0) is 13.5 Å². The number of nitrogens with zero attached hydrogens (tertiary/aromatic N) is 5. The quantitative estimate of drug-likeness (QED) is 0.529. The number of fused-ring (bicyclic) bond motifs is 1. The van der Waals surface area contributed by atoms with Gasteiger partial charge in [0.1, 0.15) is 0 Å². The molecule has 3 N–H and O–H groups in total. The first-order valence-electron chi connectivity index (χ1n) is 6.30. The van der Waals surface area contributed by atoms with Crippen molar-refractivity contribution in [2.45, 2.75) is 12.5 Å². The Balaban J connectivity index is 1.98. The lowest BCUT2D eigenvalue weighted by Gasteiger charge is -2.15. The number of hydrogen-bond acceptors (Lipinski definition) is 6. The SMILES string of the molecule is Cn1nnc(CC(NN)c2nccc3ccccc23)n1. The van der Waals surface area contributed by atoms with Gasteiger partial charge >= 0.3 is 0 Å². The summed E-state index contributed by atoms with van der Waals surface area (Å²) in [5.41, 5.74) is 3.68. The molecule has 0 aliphatic rings. The van der Waals surface area contributed by atoms with Crippen LogP contribution in [0.25, 0.3) is 10.8 Å². The molecule has 1 unspecified atom stereocenters. The molecular weight excluding hydrogens is 254 g/mol. The Hall–Kier alpha value is -2.38. The second-order valence-electron chi connectivity index (χ2n) is 4.54. The summed E-state index contributed by atoms with van der Waals surface area (Å²) in [6, 6.07) is 9.89. The van der Waals surface area contributed by atoms with E-state index in [0.717, 1.165) is 16.5 Å². The fourth-order valence-corrected chi connectivity index (χ4v) is 2.24. The van der Waals surface area contributed by atoms with Gasteiger partial charge in [-0.2, -0.15) is 4.80 Å². The van der Waals surface area contributed by atoms with E-state index < -0.39 is 0 Å². The minimum Gasteiger partial charge on any atom is -0.271 e. The van der Waals surface area contributed by atoms with Gasteiger partial charge in [0, 0.05) is 18.0 Å². The number of pyridine rings is 1. The highest BCUT2D eigenvalue weighted by molar-refractivity contribution is 5.84. The Labute approximate surface area is 115 Å². The van der Waals surface area contributed by atoms with Crippen molar-refractivity contribution in [2.75, 3.05) is 0 Å². The van der Waals surface area contributed by atoms with E-state index in [-0.39, 0.29) is 6.04 Å². The van der Waals surface area contributed by atoms with Crippen molar-refractivity contribution in [1.82, 2.24) is 30.6 Å². The van der Waals surface area contributed by atoms with E-state index in [1.807, 2.05) is 24.3 Å². The van der Waals surface area contributed by atoms with E-state index >= 15 is 0 Å². The van der Waals surface area contributed by atoms with Crippen molar-refractivity contribution in [3.63, 3.8) is 0 Å². The molecule has 1 aromatic carbocycles. The number of hydrogen-bond donors (Lipinski definition) is 2. The molecule has 0 saturated heterocycles. The fourth-order valence-electron chi connectivity index (χ4n) is 2.24. The molecule has 0 saturated carbocycles. The molecule has 20 heavy (non-hydrogen) atoms. The highest BCUT2D eigenvalue weighted by atomic mass is 15.6. The Morgan fingerprint density at radius 3 is 2.90 bits per heavy atom. The van der Waals surface area contributed by atoms with Crippen molar-refractivity contribution in [3.8, 4) is 0 Å². The lowest BCUT2D eigenvalue weighted by atomic mass is 10.0. The zero-order chi connectivity index (χ0) is 13.9. The summed E-state index contributed by atoms with van der Waals surface area (Å²) in [6.45, 7) is 0. The lowest BCUT2D eigenvalue weighted by molar-refractivity contribution is 0.528. The van der Waals surface area contributed by atoms with Crippen LogP contribution in [0.3, 0.4) is 0 Å². The summed E-state index contributed by atoms with van der Waals surface area (Å²) in [4.78, 5) is 5.89. The van der Waals surface area contributed by atoms with Gasteiger partial charge in [0.25, 0.3) is 0 Å². The first kappa shape index (κ1) is 12.6. The van der Waals surface area contributed by atoms with E-state index in [2.05, 4.69) is 31.9 Å². The summed E-state index contributed by atoms with van der Waals surface area (Å²) in [5.74, 6) is 6.31. The van der Waals surface area contributed by atoms with Gasteiger partial charge in [0.2, 0.25) is 0 Å². The van der Waals surface area contributed by atoms with Crippen LogP contribution in [0.4, 0.5) is 0 Å². The second kappa shape index (κ2) is 5.32. The fraction of sp³-hybridized carbons (Fsp3) is 0.231. The number of rotatable bonds is 4. The van der Waals surface area contributed by atoms with Crippen molar-refractivity contribution < 1.29 is 0 Å². The Morgan fingerprint density at radius 1 is 1.30 bits per heavy atom. The normalized spacial score (nSPS) is 12.7. The third-order valence-electron chi connectivity index (χ3n) is 3.17. The van der Waals surface area contributed by atoms with Crippen LogP contribution >= 0.6 is 0 Å². The van der Waals surface area contributed by atoms with Crippen LogP contribution in [0.2, 0.25) is 0 Å². The van der Waals surface area contributed by atoms with Crippen LogP contribution in [0.15, 0.2) is 36.5 Å². The Bertz CT molecular complexity index is 716. The molecule has 0 aliphatic carbocycles. The molecular formula is C13H15N7. The standard InChI is InChI=1S/C13H15N7/c1-20-18-12(17-19-20)8-11(16-14)13-10-5-3-2-4-9(10)6-7-15-13/h2-7,11,16H,8,14H2,1H3. The summed E-state index contributed by atoms with van der Waals surface area (Å²) in [5, 5.41) is 14.2. The molecule has 0 bridgehead atoms. The molecule has 0 amide bonds. The number of hydrazine groups is 1. The van der Waals surface area contributed by atoms with Gasteiger partial charge in [-0.1, -0.05) is 24.3 Å². The molecule has 2 heterocycles. The Morgan fingerprint density at radius 2 is 2.15 bits per heavy atom. The van der Waals surface area contributed by atoms with Crippen molar-refractivity contribution in [2.24, 2.45) is 12.9 Å². The molecule has 7 heteroatoms. The smallest absolute Gasteiger partial charge is 0.176 e. The molecule has 0 aliphatic heterocycles. The number of aromatic nitrogens is 5. The van der Waals surface area contributed by atoms with Crippen molar-refractivity contribution in [3.05, 3.63) is 48.0 Å².